The van der Waals surface area contributed by atoms with Gasteiger partial charge < -0.3 is 15.0 Å². The number of carbonyl (C=O) groups excluding carboxylic acids is 2. The van der Waals surface area contributed by atoms with Crippen LogP contribution in [0.25, 0.3) is 0 Å². The van der Waals surface area contributed by atoms with E-state index in [1.165, 1.54) is 18.1 Å². The van der Waals surface area contributed by atoms with Crippen LogP contribution in [0.2, 0.25) is 0 Å². The molecule has 232 valence electrons. The van der Waals surface area contributed by atoms with Gasteiger partial charge in [0.2, 0.25) is 21.8 Å². The van der Waals surface area contributed by atoms with Crippen LogP contribution in [0.15, 0.2) is 48.5 Å². The fraction of sp³-hybridized carbons (Fsp3) is 0.533. The van der Waals surface area contributed by atoms with Crippen LogP contribution in [-0.4, -0.2) is 57.1 Å². The van der Waals surface area contributed by atoms with Gasteiger partial charge in [0, 0.05) is 25.6 Å². The number of amides is 2. The second-order valence-electron chi connectivity index (χ2n) is 10.6. The zero-order valence-corrected chi connectivity index (χ0v) is 25.1. The number of ether oxygens (including phenoxy) is 1. The molecular formula is C30H40F3N3O5S. The molecule has 2 aromatic rings. The first kappa shape index (κ1) is 33.2. The molecule has 0 heterocycles. The summed E-state index contributed by atoms with van der Waals surface area (Å²) in [6.45, 7) is 1.76. The SMILES string of the molecule is CC[C@H](C(=O)NC1CCCCC1)N(Cc1cccc(OC)c1)C(=O)CCCN(c1cccc(C(F)(F)F)c1)S(C)(=O)=O. The zero-order chi connectivity index (χ0) is 30.9. The van der Waals surface area contributed by atoms with Gasteiger partial charge in [-0.2, -0.15) is 13.2 Å². The van der Waals surface area contributed by atoms with E-state index in [2.05, 4.69) is 5.32 Å². The molecule has 0 radical (unpaired) electrons. The molecule has 8 nitrogen and oxygen atoms in total. The first-order valence-electron chi connectivity index (χ1n) is 14.2. The highest BCUT2D eigenvalue weighted by atomic mass is 32.2. The third-order valence-corrected chi connectivity index (χ3v) is 8.63. The lowest BCUT2D eigenvalue weighted by Crippen LogP contribution is -2.51. The summed E-state index contributed by atoms with van der Waals surface area (Å²) in [5.41, 5.74) is -0.344. The Morgan fingerprint density at radius 2 is 1.76 bits per heavy atom. The number of hydrogen-bond acceptors (Lipinski definition) is 5. The minimum absolute atomic E-state index is 0.0391. The molecule has 2 aromatic carbocycles. The van der Waals surface area contributed by atoms with Crippen LogP contribution in [0.3, 0.4) is 0 Å². The second kappa shape index (κ2) is 14.8. The van der Waals surface area contributed by atoms with Crippen LogP contribution in [-0.2, 0) is 32.3 Å². The van der Waals surface area contributed by atoms with Crippen molar-refractivity contribution in [1.29, 1.82) is 0 Å². The molecule has 0 aromatic heterocycles. The summed E-state index contributed by atoms with van der Waals surface area (Å²) in [5, 5.41) is 3.11. The Hall–Kier alpha value is -3.28. The van der Waals surface area contributed by atoms with Gasteiger partial charge in [0.05, 0.1) is 24.6 Å². The molecule has 42 heavy (non-hydrogen) atoms. The third kappa shape index (κ3) is 9.37. The van der Waals surface area contributed by atoms with E-state index in [1.54, 1.807) is 18.2 Å². The lowest BCUT2D eigenvalue weighted by atomic mass is 9.95. The summed E-state index contributed by atoms with van der Waals surface area (Å²) in [4.78, 5) is 28.6. The van der Waals surface area contributed by atoms with Crippen molar-refractivity contribution in [3.63, 3.8) is 0 Å². The number of rotatable bonds is 13. The molecule has 0 saturated heterocycles. The van der Waals surface area contributed by atoms with Crippen molar-refractivity contribution in [1.82, 2.24) is 10.2 Å². The highest BCUT2D eigenvalue weighted by molar-refractivity contribution is 7.92. The van der Waals surface area contributed by atoms with Gasteiger partial charge in [0.15, 0.2) is 0 Å². The number of anilines is 1. The van der Waals surface area contributed by atoms with E-state index in [-0.39, 0.29) is 49.5 Å². The average molecular weight is 612 g/mol. The molecule has 0 aliphatic heterocycles. The van der Waals surface area contributed by atoms with E-state index in [4.69, 9.17) is 4.74 Å². The van der Waals surface area contributed by atoms with Gasteiger partial charge in [0.25, 0.3) is 0 Å². The topological polar surface area (TPSA) is 96.0 Å². The standard InChI is InChI=1S/C30H40F3N3O5S/c1-4-27(29(38)34-24-13-6-5-7-14-24)35(21-22-11-8-16-26(19-22)41-2)28(37)17-10-18-36(42(3,39)40)25-15-9-12-23(20-25)30(31,32)33/h8-9,11-12,15-16,19-20,24,27H,4-7,10,13-14,17-18,21H2,1-3H3,(H,34,38)/t27-/m1/s1. The maximum absolute atomic E-state index is 13.7. The van der Waals surface area contributed by atoms with Crippen LogP contribution in [0, 0.1) is 0 Å². The van der Waals surface area contributed by atoms with E-state index in [1.807, 2.05) is 13.0 Å². The molecule has 1 aliphatic carbocycles. The number of sulfonamides is 1. The number of benzene rings is 2. The molecule has 1 fully saturated rings. The molecule has 1 N–H and O–H groups in total. The van der Waals surface area contributed by atoms with E-state index in [9.17, 15) is 31.2 Å². The van der Waals surface area contributed by atoms with Crippen LogP contribution in [0.5, 0.6) is 5.75 Å². The predicted molar refractivity (Wildman–Crippen MR) is 156 cm³/mol. The minimum Gasteiger partial charge on any atom is -0.497 e. The first-order valence-corrected chi connectivity index (χ1v) is 16.1. The Morgan fingerprint density at radius 1 is 1.07 bits per heavy atom. The molecule has 0 spiro atoms. The zero-order valence-electron chi connectivity index (χ0n) is 24.3. The lowest BCUT2D eigenvalue weighted by Gasteiger charge is -2.33. The quantitative estimate of drug-likeness (QED) is 0.322. The van der Waals surface area contributed by atoms with Gasteiger partial charge in [0.1, 0.15) is 11.8 Å². The normalized spacial score (nSPS) is 15.1. The Bertz CT molecular complexity index is 1310. The molecule has 1 saturated carbocycles. The largest absolute Gasteiger partial charge is 0.497 e. The number of carbonyl (C=O) groups is 2. The van der Waals surface area contributed by atoms with E-state index >= 15 is 0 Å². The van der Waals surface area contributed by atoms with Gasteiger partial charge in [-0.15, -0.1) is 0 Å². The Balaban J connectivity index is 1.80. The monoisotopic (exact) mass is 611 g/mol. The third-order valence-electron chi connectivity index (χ3n) is 7.44. The van der Waals surface area contributed by atoms with Crippen LogP contribution < -0.4 is 14.4 Å². The molecule has 0 bridgehead atoms. The number of nitrogens with zero attached hydrogens (tertiary/aromatic N) is 2. The van der Waals surface area contributed by atoms with Crippen molar-refractivity contribution < 1.29 is 35.9 Å². The summed E-state index contributed by atoms with van der Waals surface area (Å²) in [6.07, 6.45) is 1.57. The predicted octanol–water partition coefficient (Wildman–Crippen LogP) is 5.52. The van der Waals surface area contributed by atoms with Crippen molar-refractivity contribution in [3.05, 3.63) is 59.7 Å². The maximum atomic E-state index is 13.7. The fourth-order valence-corrected chi connectivity index (χ4v) is 6.23. The van der Waals surface area contributed by atoms with Gasteiger partial charge in [-0.25, -0.2) is 8.42 Å². The summed E-state index contributed by atoms with van der Waals surface area (Å²) >= 11 is 0. The molecule has 0 unspecified atom stereocenters. The fourth-order valence-electron chi connectivity index (χ4n) is 5.27. The second-order valence-corrected chi connectivity index (χ2v) is 12.5. The van der Waals surface area contributed by atoms with Gasteiger partial charge >= 0.3 is 6.18 Å². The van der Waals surface area contributed by atoms with Crippen molar-refractivity contribution in [2.45, 2.75) is 83.1 Å². The lowest BCUT2D eigenvalue weighted by molar-refractivity contribution is -0.141. The Labute approximate surface area is 246 Å². The number of halogens is 3. The van der Waals surface area contributed by atoms with Crippen molar-refractivity contribution in [3.8, 4) is 5.75 Å². The number of nitrogens with one attached hydrogen (secondary N) is 1. The van der Waals surface area contributed by atoms with E-state index in [0.29, 0.717) is 12.2 Å². The summed E-state index contributed by atoms with van der Waals surface area (Å²) in [6, 6.07) is 10.6. The number of alkyl halides is 3. The summed E-state index contributed by atoms with van der Waals surface area (Å²) in [5.74, 6) is 0.00724. The van der Waals surface area contributed by atoms with Gasteiger partial charge in [-0.05, 0) is 61.6 Å². The van der Waals surface area contributed by atoms with Crippen molar-refractivity contribution in [2.75, 3.05) is 24.2 Å². The highest BCUT2D eigenvalue weighted by Crippen LogP contribution is 2.32. The average Bonchev–Trinajstić information content (AvgIpc) is 2.94. The molecule has 1 aliphatic rings. The van der Waals surface area contributed by atoms with Crippen LogP contribution in [0.1, 0.15) is 69.4 Å². The summed E-state index contributed by atoms with van der Waals surface area (Å²) in [7, 11) is -2.41. The van der Waals surface area contributed by atoms with Crippen molar-refractivity contribution >= 4 is 27.5 Å². The molecule has 12 heteroatoms. The Kier molecular flexibility index (Phi) is 11.7. The van der Waals surface area contributed by atoms with Gasteiger partial charge in [-0.3, -0.25) is 13.9 Å². The Morgan fingerprint density at radius 3 is 2.38 bits per heavy atom. The van der Waals surface area contributed by atoms with Crippen molar-refractivity contribution in [2.24, 2.45) is 0 Å². The summed E-state index contributed by atoms with van der Waals surface area (Å²) < 4.78 is 71.0. The first-order chi connectivity index (χ1) is 19.8. The smallest absolute Gasteiger partial charge is 0.416 e. The van der Waals surface area contributed by atoms with E-state index in [0.717, 1.165) is 66.4 Å². The highest BCUT2D eigenvalue weighted by Gasteiger charge is 2.33. The molecule has 1 atom stereocenters. The van der Waals surface area contributed by atoms with E-state index < -0.39 is 27.8 Å². The maximum Gasteiger partial charge on any atom is 0.416 e. The molecule has 3 rings (SSSR count). The number of hydrogen-bond donors (Lipinski definition) is 1. The van der Waals surface area contributed by atoms with Crippen LogP contribution >= 0.6 is 0 Å². The molecular weight excluding hydrogens is 571 g/mol. The molecule has 2 amide bonds. The number of methoxy groups -OCH3 is 1. The van der Waals surface area contributed by atoms with Crippen LogP contribution in [0.4, 0.5) is 18.9 Å². The van der Waals surface area contributed by atoms with Gasteiger partial charge in [-0.1, -0.05) is 44.4 Å². The minimum atomic E-state index is -4.64.